The number of rotatable bonds is 3. The average Bonchev–Trinajstić information content (AvgIpc) is 2.96. The molecule has 1 amide bonds. The maximum Gasteiger partial charge on any atom is 0.221 e. The van der Waals surface area contributed by atoms with Gasteiger partial charge in [-0.25, -0.2) is 0 Å². The fraction of sp³-hybridized carbons (Fsp3) is 0.533. The van der Waals surface area contributed by atoms with Gasteiger partial charge in [-0.1, -0.05) is 24.3 Å². The molecule has 1 aromatic rings. The monoisotopic (exact) mass is 280 g/mol. The van der Waals surface area contributed by atoms with Gasteiger partial charge >= 0.3 is 0 Å². The fourth-order valence-electron chi connectivity index (χ4n) is 3.10. The van der Waals surface area contributed by atoms with E-state index >= 15 is 0 Å². The van der Waals surface area contributed by atoms with Crippen molar-refractivity contribution in [2.24, 2.45) is 0 Å². The Morgan fingerprint density at radius 3 is 2.53 bits per heavy atom. The van der Waals surface area contributed by atoms with E-state index in [1.807, 2.05) is 0 Å². The molecular formula is C15H21ClN2O. The van der Waals surface area contributed by atoms with Gasteiger partial charge in [-0.15, -0.1) is 12.4 Å². The van der Waals surface area contributed by atoms with Gasteiger partial charge in [0.1, 0.15) is 0 Å². The minimum Gasteiger partial charge on any atom is -0.353 e. The molecule has 4 heteroatoms. The van der Waals surface area contributed by atoms with E-state index in [1.54, 1.807) is 0 Å². The van der Waals surface area contributed by atoms with Crippen LogP contribution in [0.1, 0.15) is 30.4 Å². The number of hydrogen-bond acceptors (Lipinski definition) is 2. The van der Waals surface area contributed by atoms with Gasteiger partial charge in [-0.3, -0.25) is 4.79 Å². The third kappa shape index (κ3) is 3.48. The van der Waals surface area contributed by atoms with Crippen LogP contribution in [0, 0.1) is 0 Å². The summed E-state index contributed by atoms with van der Waals surface area (Å²) in [4.78, 5) is 12.0. The molecule has 1 saturated heterocycles. The van der Waals surface area contributed by atoms with E-state index in [0.29, 0.717) is 18.5 Å². The predicted molar refractivity (Wildman–Crippen MR) is 78.7 cm³/mol. The lowest BCUT2D eigenvalue weighted by molar-refractivity contribution is -0.122. The molecule has 0 spiro atoms. The first kappa shape index (κ1) is 14.4. The van der Waals surface area contributed by atoms with E-state index in [4.69, 9.17) is 0 Å². The fourth-order valence-corrected chi connectivity index (χ4v) is 3.10. The van der Waals surface area contributed by atoms with Gasteiger partial charge in [0.05, 0.1) is 0 Å². The van der Waals surface area contributed by atoms with Crippen LogP contribution in [0.4, 0.5) is 0 Å². The summed E-state index contributed by atoms with van der Waals surface area (Å²) in [5.74, 6) is 0.201. The summed E-state index contributed by atoms with van der Waals surface area (Å²) >= 11 is 0. The van der Waals surface area contributed by atoms with Gasteiger partial charge in [0.25, 0.3) is 0 Å². The zero-order valence-electron chi connectivity index (χ0n) is 11.0. The zero-order valence-corrected chi connectivity index (χ0v) is 11.8. The van der Waals surface area contributed by atoms with Gasteiger partial charge in [-0.05, 0) is 43.4 Å². The van der Waals surface area contributed by atoms with Crippen molar-refractivity contribution in [1.29, 1.82) is 0 Å². The lowest BCUT2D eigenvalue weighted by Gasteiger charge is -2.14. The Labute approximate surface area is 120 Å². The smallest absolute Gasteiger partial charge is 0.221 e. The standard InChI is InChI=1S/C15H20N2O.ClH/c18-15(10-13-6-3-7-16-13)17-14-8-11-4-1-2-5-12(11)9-14;/h1-2,4-5,13-14,16H,3,6-10H2,(H,17,18);1H. The van der Waals surface area contributed by atoms with Crippen molar-refractivity contribution in [3.8, 4) is 0 Å². The number of carbonyl (C=O) groups is 1. The molecule has 1 aromatic carbocycles. The van der Waals surface area contributed by atoms with Gasteiger partial charge in [0.2, 0.25) is 5.91 Å². The highest BCUT2D eigenvalue weighted by Gasteiger charge is 2.24. The summed E-state index contributed by atoms with van der Waals surface area (Å²) in [6, 6.07) is 9.18. The molecule has 1 fully saturated rings. The molecule has 0 radical (unpaired) electrons. The van der Waals surface area contributed by atoms with Crippen LogP contribution in [-0.2, 0) is 17.6 Å². The molecule has 1 heterocycles. The number of halogens is 1. The summed E-state index contributed by atoms with van der Waals surface area (Å²) in [6.45, 7) is 1.06. The third-order valence-electron chi connectivity index (χ3n) is 4.01. The molecule has 2 aliphatic rings. The van der Waals surface area contributed by atoms with Crippen LogP contribution in [0.3, 0.4) is 0 Å². The van der Waals surface area contributed by atoms with Crippen LogP contribution >= 0.6 is 12.4 Å². The van der Waals surface area contributed by atoms with E-state index < -0.39 is 0 Å². The maximum atomic E-state index is 12.0. The summed E-state index contributed by atoms with van der Waals surface area (Å²) in [6.07, 6.45) is 4.94. The summed E-state index contributed by atoms with van der Waals surface area (Å²) < 4.78 is 0. The molecule has 1 atom stereocenters. The van der Waals surface area contributed by atoms with E-state index in [2.05, 4.69) is 34.9 Å². The topological polar surface area (TPSA) is 41.1 Å². The lowest BCUT2D eigenvalue weighted by Crippen LogP contribution is -2.38. The van der Waals surface area contributed by atoms with Crippen LogP contribution in [0.2, 0.25) is 0 Å². The molecule has 19 heavy (non-hydrogen) atoms. The summed E-state index contributed by atoms with van der Waals surface area (Å²) in [5.41, 5.74) is 2.78. The molecule has 2 N–H and O–H groups in total. The lowest BCUT2D eigenvalue weighted by atomic mass is 10.1. The van der Waals surface area contributed by atoms with Crippen LogP contribution in [0.15, 0.2) is 24.3 Å². The van der Waals surface area contributed by atoms with Crippen molar-refractivity contribution in [1.82, 2.24) is 10.6 Å². The minimum atomic E-state index is 0. The Morgan fingerprint density at radius 2 is 1.95 bits per heavy atom. The Balaban J connectivity index is 0.00000133. The van der Waals surface area contributed by atoms with E-state index in [0.717, 1.165) is 25.8 Å². The first-order valence-electron chi connectivity index (χ1n) is 6.91. The Kier molecular flexibility index (Phi) is 4.83. The molecule has 3 nitrogen and oxygen atoms in total. The van der Waals surface area contributed by atoms with E-state index in [-0.39, 0.29) is 18.3 Å². The molecule has 0 bridgehead atoms. The normalized spacial score (nSPS) is 21.8. The Morgan fingerprint density at radius 1 is 1.26 bits per heavy atom. The largest absolute Gasteiger partial charge is 0.353 e. The number of benzene rings is 1. The average molecular weight is 281 g/mol. The molecule has 3 rings (SSSR count). The predicted octanol–water partition coefficient (Wildman–Crippen LogP) is 1.83. The van der Waals surface area contributed by atoms with Crippen molar-refractivity contribution >= 4 is 18.3 Å². The molecule has 1 aliphatic heterocycles. The third-order valence-corrected chi connectivity index (χ3v) is 4.01. The SMILES string of the molecule is Cl.O=C(CC1CCCN1)NC1Cc2ccccc2C1. The first-order chi connectivity index (χ1) is 8.81. The van der Waals surface area contributed by atoms with Crippen molar-refractivity contribution in [3.05, 3.63) is 35.4 Å². The highest BCUT2D eigenvalue weighted by molar-refractivity contribution is 5.85. The highest BCUT2D eigenvalue weighted by atomic mass is 35.5. The molecule has 0 saturated carbocycles. The zero-order chi connectivity index (χ0) is 12.4. The minimum absolute atomic E-state index is 0. The van der Waals surface area contributed by atoms with Crippen LogP contribution in [0.25, 0.3) is 0 Å². The second-order valence-corrected chi connectivity index (χ2v) is 5.44. The van der Waals surface area contributed by atoms with Crippen molar-refractivity contribution < 1.29 is 4.79 Å². The van der Waals surface area contributed by atoms with Crippen molar-refractivity contribution in [2.75, 3.05) is 6.54 Å². The van der Waals surface area contributed by atoms with Gasteiger partial charge < -0.3 is 10.6 Å². The number of nitrogens with one attached hydrogen (secondary N) is 2. The number of amides is 1. The molecule has 104 valence electrons. The van der Waals surface area contributed by atoms with Crippen molar-refractivity contribution in [3.63, 3.8) is 0 Å². The van der Waals surface area contributed by atoms with Gasteiger partial charge in [0.15, 0.2) is 0 Å². The van der Waals surface area contributed by atoms with Gasteiger partial charge in [0, 0.05) is 18.5 Å². The number of hydrogen-bond donors (Lipinski definition) is 2. The van der Waals surface area contributed by atoms with Gasteiger partial charge in [-0.2, -0.15) is 0 Å². The molecule has 1 aliphatic carbocycles. The highest BCUT2D eigenvalue weighted by Crippen LogP contribution is 2.21. The van der Waals surface area contributed by atoms with E-state index in [1.165, 1.54) is 17.5 Å². The number of carbonyl (C=O) groups excluding carboxylic acids is 1. The summed E-state index contributed by atoms with van der Waals surface area (Å²) in [7, 11) is 0. The number of fused-ring (bicyclic) bond motifs is 1. The first-order valence-corrected chi connectivity index (χ1v) is 6.91. The molecule has 1 unspecified atom stereocenters. The van der Waals surface area contributed by atoms with Crippen LogP contribution < -0.4 is 10.6 Å². The van der Waals surface area contributed by atoms with Crippen LogP contribution in [-0.4, -0.2) is 24.5 Å². The second kappa shape index (κ2) is 6.40. The second-order valence-electron chi connectivity index (χ2n) is 5.44. The molecule has 0 aromatic heterocycles. The quantitative estimate of drug-likeness (QED) is 0.887. The Hall–Kier alpha value is -1.06. The summed E-state index contributed by atoms with van der Waals surface area (Å²) in [5, 5.41) is 6.54. The van der Waals surface area contributed by atoms with E-state index in [9.17, 15) is 4.79 Å². The Bertz CT molecular complexity index is 419. The maximum absolute atomic E-state index is 12.0. The molecular weight excluding hydrogens is 260 g/mol. The van der Waals surface area contributed by atoms with Crippen LogP contribution in [0.5, 0.6) is 0 Å². The van der Waals surface area contributed by atoms with Crippen molar-refractivity contribution in [2.45, 2.75) is 44.2 Å².